The molecular formula is C13H26N2O. The monoisotopic (exact) mass is 226 g/mol. The molecule has 16 heavy (non-hydrogen) atoms. The minimum absolute atomic E-state index is 0.105. The highest BCUT2D eigenvalue weighted by molar-refractivity contribution is 5.85. The third kappa shape index (κ3) is 3.48. The largest absolute Gasteiger partial charge is 0.352 e. The Hall–Kier alpha value is -0.570. The number of carbonyl (C=O) groups excluding carboxylic acids is 1. The third-order valence-electron chi connectivity index (χ3n) is 3.91. The molecule has 1 aliphatic carbocycles. The Morgan fingerprint density at radius 3 is 2.31 bits per heavy atom. The van der Waals surface area contributed by atoms with Crippen molar-refractivity contribution in [2.75, 3.05) is 7.05 Å². The molecule has 0 aromatic heterocycles. The number of amides is 1. The first-order valence-corrected chi connectivity index (χ1v) is 6.47. The summed E-state index contributed by atoms with van der Waals surface area (Å²) >= 11 is 0. The fourth-order valence-corrected chi connectivity index (χ4v) is 2.25. The summed E-state index contributed by atoms with van der Waals surface area (Å²) < 4.78 is 0. The molecule has 0 bridgehead atoms. The summed E-state index contributed by atoms with van der Waals surface area (Å²) in [6.07, 6.45) is 6.53. The predicted octanol–water partition coefficient (Wildman–Crippen LogP) is 2.07. The van der Waals surface area contributed by atoms with Crippen LogP contribution >= 0.6 is 0 Å². The van der Waals surface area contributed by atoms with E-state index in [1.165, 1.54) is 32.1 Å². The molecule has 3 nitrogen and oxygen atoms in total. The van der Waals surface area contributed by atoms with Gasteiger partial charge in [0.15, 0.2) is 0 Å². The predicted molar refractivity (Wildman–Crippen MR) is 67.3 cm³/mol. The average molecular weight is 226 g/mol. The van der Waals surface area contributed by atoms with Gasteiger partial charge in [-0.3, -0.25) is 4.79 Å². The molecule has 0 aromatic rings. The molecule has 94 valence electrons. The summed E-state index contributed by atoms with van der Waals surface area (Å²) in [5.74, 6) is 0.776. The molecule has 1 aliphatic rings. The summed E-state index contributed by atoms with van der Waals surface area (Å²) in [6, 6.07) is 0.306. The summed E-state index contributed by atoms with van der Waals surface area (Å²) in [5, 5.41) is 6.18. The Bertz CT molecular complexity index is 232. The van der Waals surface area contributed by atoms with Gasteiger partial charge in [-0.15, -0.1) is 0 Å². The zero-order valence-corrected chi connectivity index (χ0v) is 11.1. The Balaban J connectivity index is 2.43. The fraction of sp³-hybridized carbons (Fsp3) is 0.923. The lowest BCUT2D eigenvalue weighted by atomic mass is 9.84. The van der Waals surface area contributed by atoms with Gasteiger partial charge in [-0.25, -0.2) is 0 Å². The van der Waals surface area contributed by atoms with E-state index in [9.17, 15) is 4.79 Å². The summed E-state index contributed by atoms with van der Waals surface area (Å²) in [5.41, 5.74) is -0.469. The van der Waals surface area contributed by atoms with E-state index in [0.29, 0.717) is 12.0 Å². The van der Waals surface area contributed by atoms with Crippen molar-refractivity contribution in [2.24, 2.45) is 5.92 Å². The number of rotatable bonds is 4. The first-order chi connectivity index (χ1) is 7.47. The number of carbonyl (C=O) groups is 1. The van der Waals surface area contributed by atoms with E-state index in [2.05, 4.69) is 17.6 Å². The van der Waals surface area contributed by atoms with Crippen LogP contribution < -0.4 is 10.6 Å². The molecule has 2 N–H and O–H groups in total. The highest BCUT2D eigenvalue weighted by atomic mass is 16.2. The van der Waals surface area contributed by atoms with Crippen LogP contribution in [0.2, 0.25) is 0 Å². The van der Waals surface area contributed by atoms with Crippen LogP contribution in [0.25, 0.3) is 0 Å². The van der Waals surface area contributed by atoms with Crippen LogP contribution in [-0.2, 0) is 4.79 Å². The molecule has 0 spiro atoms. The van der Waals surface area contributed by atoms with Gasteiger partial charge < -0.3 is 10.6 Å². The molecule has 1 atom stereocenters. The van der Waals surface area contributed by atoms with E-state index in [1.807, 2.05) is 20.9 Å². The smallest absolute Gasteiger partial charge is 0.239 e. The van der Waals surface area contributed by atoms with Gasteiger partial charge in [-0.1, -0.05) is 19.3 Å². The van der Waals surface area contributed by atoms with E-state index in [4.69, 9.17) is 0 Å². The van der Waals surface area contributed by atoms with E-state index in [0.717, 1.165) is 0 Å². The maximum atomic E-state index is 12.0. The second kappa shape index (κ2) is 5.67. The maximum Gasteiger partial charge on any atom is 0.239 e. The van der Waals surface area contributed by atoms with Crippen molar-refractivity contribution >= 4 is 5.91 Å². The molecule has 0 aromatic carbocycles. The molecule has 1 rings (SSSR count). The standard InChI is InChI=1S/C13H26N2O/c1-10(11-8-6-5-7-9-11)15-12(16)13(2,3)14-4/h10-11,14H,5-9H2,1-4H3,(H,15,16)/t10-/m0/s1. The van der Waals surface area contributed by atoms with Gasteiger partial charge >= 0.3 is 0 Å². The SMILES string of the molecule is CNC(C)(C)C(=O)N[C@@H](C)C1CCCCC1. The van der Waals surface area contributed by atoms with Gasteiger partial charge in [0.2, 0.25) is 5.91 Å². The quantitative estimate of drug-likeness (QED) is 0.770. The van der Waals surface area contributed by atoms with Crippen LogP contribution in [0.4, 0.5) is 0 Å². The van der Waals surface area contributed by atoms with Crippen molar-refractivity contribution in [1.82, 2.24) is 10.6 Å². The van der Waals surface area contributed by atoms with Crippen LogP contribution in [0.5, 0.6) is 0 Å². The molecule has 1 saturated carbocycles. The van der Waals surface area contributed by atoms with Crippen LogP contribution in [-0.4, -0.2) is 24.5 Å². The van der Waals surface area contributed by atoms with Crippen LogP contribution in [0.3, 0.4) is 0 Å². The Morgan fingerprint density at radius 1 is 1.25 bits per heavy atom. The van der Waals surface area contributed by atoms with Gasteiger partial charge in [0.1, 0.15) is 0 Å². The normalized spacial score (nSPS) is 20.5. The van der Waals surface area contributed by atoms with Crippen molar-refractivity contribution < 1.29 is 4.79 Å². The van der Waals surface area contributed by atoms with Crippen LogP contribution in [0.15, 0.2) is 0 Å². The maximum absolute atomic E-state index is 12.0. The molecule has 0 unspecified atom stereocenters. The second-order valence-electron chi connectivity index (χ2n) is 5.54. The Labute approximate surface area is 99.4 Å². The van der Waals surface area contributed by atoms with E-state index < -0.39 is 5.54 Å². The summed E-state index contributed by atoms with van der Waals surface area (Å²) in [7, 11) is 1.82. The highest BCUT2D eigenvalue weighted by Gasteiger charge is 2.28. The lowest BCUT2D eigenvalue weighted by Crippen LogP contribution is -2.54. The van der Waals surface area contributed by atoms with Gasteiger partial charge in [-0.2, -0.15) is 0 Å². The minimum Gasteiger partial charge on any atom is -0.352 e. The minimum atomic E-state index is -0.469. The van der Waals surface area contributed by atoms with Crippen molar-refractivity contribution in [3.05, 3.63) is 0 Å². The highest BCUT2D eigenvalue weighted by Crippen LogP contribution is 2.26. The molecule has 0 saturated heterocycles. The topological polar surface area (TPSA) is 41.1 Å². The molecule has 1 amide bonds. The van der Waals surface area contributed by atoms with E-state index >= 15 is 0 Å². The fourth-order valence-electron chi connectivity index (χ4n) is 2.25. The van der Waals surface area contributed by atoms with Gasteiger partial charge in [0.05, 0.1) is 5.54 Å². The Kier molecular flexibility index (Phi) is 4.78. The van der Waals surface area contributed by atoms with Crippen molar-refractivity contribution in [1.29, 1.82) is 0 Å². The summed E-state index contributed by atoms with van der Waals surface area (Å²) in [4.78, 5) is 12.0. The number of likely N-dealkylation sites (N-methyl/N-ethyl adjacent to an activating group) is 1. The van der Waals surface area contributed by atoms with E-state index in [1.54, 1.807) is 0 Å². The molecule has 1 fully saturated rings. The Morgan fingerprint density at radius 2 is 1.81 bits per heavy atom. The first-order valence-electron chi connectivity index (χ1n) is 6.47. The molecule has 0 radical (unpaired) electrons. The van der Waals surface area contributed by atoms with Gasteiger partial charge in [0, 0.05) is 6.04 Å². The average Bonchev–Trinajstić information content (AvgIpc) is 2.30. The van der Waals surface area contributed by atoms with Crippen LogP contribution in [0, 0.1) is 5.92 Å². The molecule has 3 heteroatoms. The van der Waals surface area contributed by atoms with Crippen molar-refractivity contribution in [3.63, 3.8) is 0 Å². The zero-order chi connectivity index (χ0) is 12.2. The number of hydrogen-bond acceptors (Lipinski definition) is 2. The first kappa shape index (κ1) is 13.5. The second-order valence-corrected chi connectivity index (χ2v) is 5.54. The zero-order valence-electron chi connectivity index (χ0n) is 11.1. The molecule has 0 aliphatic heterocycles. The number of nitrogens with one attached hydrogen (secondary N) is 2. The van der Waals surface area contributed by atoms with Gasteiger partial charge in [0.25, 0.3) is 0 Å². The molecule has 0 heterocycles. The van der Waals surface area contributed by atoms with Crippen molar-refractivity contribution in [2.45, 2.75) is 64.5 Å². The lowest BCUT2D eigenvalue weighted by Gasteiger charge is -2.31. The lowest BCUT2D eigenvalue weighted by molar-refractivity contribution is -0.127. The van der Waals surface area contributed by atoms with E-state index in [-0.39, 0.29) is 5.91 Å². The third-order valence-corrected chi connectivity index (χ3v) is 3.91. The van der Waals surface area contributed by atoms with Crippen molar-refractivity contribution in [3.8, 4) is 0 Å². The number of hydrogen-bond donors (Lipinski definition) is 2. The van der Waals surface area contributed by atoms with Gasteiger partial charge in [-0.05, 0) is 46.6 Å². The van der Waals surface area contributed by atoms with Crippen LogP contribution in [0.1, 0.15) is 52.9 Å². The summed E-state index contributed by atoms with van der Waals surface area (Å²) in [6.45, 7) is 5.96. The molecular weight excluding hydrogens is 200 g/mol.